The van der Waals surface area contributed by atoms with Crippen molar-refractivity contribution in [3.8, 4) is 5.75 Å². The first-order valence-electron chi connectivity index (χ1n) is 10.5. The van der Waals surface area contributed by atoms with Gasteiger partial charge in [0, 0.05) is 18.7 Å². The van der Waals surface area contributed by atoms with Crippen LogP contribution in [0.1, 0.15) is 40.0 Å². The molecule has 1 heterocycles. The van der Waals surface area contributed by atoms with Crippen LogP contribution in [0.2, 0.25) is 0 Å². The summed E-state index contributed by atoms with van der Waals surface area (Å²) in [6.07, 6.45) is 0.144. The Morgan fingerprint density at radius 1 is 1.03 bits per heavy atom. The zero-order valence-corrected chi connectivity index (χ0v) is 18.1. The second kappa shape index (κ2) is 8.92. The summed E-state index contributed by atoms with van der Waals surface area (Å²) in [4.78, 5) is 53.1. The van der Waals surface area contributed by atoms with Gasteiger partial charge in [0.15, 0.2) is 5.78 Å². The number of carbonyl (C=O) groups excluding carboxylic acids is 4. The van der Waals surface area contributed by atoms with Crippen molar-refractivity contribution in [2.75, 3.05) is 32.6 Å². The minimum absolute atomic E-state index is 0.153. The first kappa shape index (κ1) is 21.7. The predicted octanol–water partition coefficient (Wildman–Crippen LogP) is 2.66. The largest absolute Gasteiger partial charge is 0.492 e. The molecule has 166 valence electrons. The van der Waals surface area contributed by atoms with Crippen LogP contribution in [0.3, 0.4) is 0 Å². The maximum Gasteiger partial charge on any atom is 0.264 e. The van der Waals surface area contributed by atoms with Crippen LogP contribution in [-0.4, -0.2) is 66.5 Å². The van der Waals surface area contributed by atoms with Crippen LogP contribution in [0, 0.1) is 0 Å². The van der Waals surface area contributed by atoms with E-state index < -0.39 is 17.9 Å². The Labute approximate surface area is 186 Å². The van der Waals surface area contributed by atoms with E-state index in [9.17, 15) is 19.2 Å². The number of benzene rings is 2. The zero-order chi connectivity index (χ0) is 22.8. The average Bonchev–Trinajstić information content (AvgIpc) is 3.00. The van der Waals surface area contributed by atoms with Gasteiger partial charge in [-0.25, -0.2) is 0 Å². The molecule has 2 amide bonds. The lowest BCUT2D eigenvalue weighted by Crippen LogP contribution is -2.47. The third kappa shape index (κ3) is 4.27. The van der Waals surface area contributed by atoms with Gasteiger partial charge in [-0.1, -0.05) is 6.07 Å². The van der Waals surface area contributed by atoms with Crippen molar-refractivity contribution in [1.29, 1.82) is 0 Å². The van der Waals surface area contributed by atoms with Crippen molar-refractivity contribution < 1.29 is 23.9 Å². The molecule has 1 aliphatic heterocycles. The fourth-order valence-corrected chi connectivity index (χ4v) is 3.96. The number of imide groups is 1. The molecule has 0 radical (unpaired) electrons. The molecule has 1 unspecified atom stereocenters. The Bertz CT molecular complexity index is 1080. The molecule has 0 spiro atoms. The molecule has 8 nitrogen and oxygen atoms in total. The highest BCUT2D eigenvalue weighted by Gasteiger charge is 2.45. The molecule has 4 rings (SSSR count). The van der Waals surface area contributed by atoms with Crippen LogP contribution in [0.4, 0.5) is 11.4 Å². The number of fused-ring (bicyclic) bond motifs is 1. The highest BCUT2D eigenvalue weighted by Crippen LogP contribution is 2.34. The second-order valence-electron chi connectivity index (χ2n) is 8.25. The molecular formula is C24H25N3O5. The number of nitrogens with zero attached hydrogens (tertiary/aromatic N) is 2. The number of likely N-dealkylation sites (N-methyl/N-ethyl adjacent to an activating group) is 1. The van der Waals surface area contributed by atoms with E-state index in [-0.39, 0.29) is 42.0 Å². The first-order valence-corrected chi connectivity index (χ1v) is 10.5. The summed E-state index contributed by atoms with van der Waals surface area (Å²) in [6.45, 7) is 1.38. The van der Waals surface area contributed by atoms with Crippen molar-refractivity contribution in [2.24, 2.45) is 0 Å². The lowest BCUT2D eigenvalue weighted by molar-refractivity contribution is -0.132. The number of ether oxygens (including phenoxy) is 1. The highest BCUT2D eigenvalue weighted by molar-refractivity contribution is 6.25. The molecule has 1 saturated carbocycles. The highest BCUT2D eigenvalue weighted by atomic mass is 16.5. The molecule has 1 atom stereocenters. The van der Waals surface area contributed by atoms with Gasteiger partial charge in [0.1, 0.15) is 18.1 Å². The lowest BCUT2D eigenvalue weighted by atomic mass is 9.92. The van der Waals surface area contributed by atoms with Gasteiger partial charge >= 0.3 is 0 Å². The van der Waals surface area contributed by atoms with Crippen molar-refractivity contribution in [2.45, 2.75) is 25.3 Å². The standard InChI is InChI=1S/C24H25N3O5/c1-26(2)12-13-32-17-9-6-15(7-10-17)25-19-5-3-4-18-22(19)24(31)27(23(18)30)20-11-8-16(28)14-21(20)29/h3-7,9-10,20,25H,8,11-14H2,1-2H3. The predicted molar refractivity (Wildman–Crippen MR) is 118 cm³/mol. The zero-order valence-electron chi connectivity index (χ0n) is 18.1. The number of ketones is 2. The summed E-state index contributed by atoms with van der Waals surface area (Å²) in [5.74, 6) is -0.802. The van der Waals surface area contributed by atoms with E-state index in [0.29, 0.717) is 12.3 Å². The van der Waals surface area contributed by atoms with Gasteiger partial charge in [-0.2, -0.15) is 0 Å². The quantitative estimate of drug-likeness (QED) is 0.528. The molecule has 1 N–H and O–H groups in total. The fraction of sp³-hybridized carbons (Fsp3) is 0.333. The smallest absolute Gasteiger partial charge is 0.264 e. The third-order valence-electron chi connectivity index (χ3n) is 5.64. The summed E-state index contributed by atoms with van der Waals surface area (Å²) in [6, 6.07) is 11.4. The maximum atomic E-state index is 13.2. The molecule has 8 heteroatoms. The Balaban J connectivity index is 1.52. The van der Waals surface area contributed by atoms with Crippen molar-refractivity contribution in [3.63, 3.8) is 0 Å². The van der Waals surface area contributed by atoms with Gasteiger partial charge in [-0.3, -0.25) is 24.1 Å². The minimum atomic E-state index is -0.883. The molecular weight excluding hydrogens is 410 g/mol. The topological polar surface area (TPSA) is 96.0 Å². The second-order valence-corrected chi connectivity index (χ2v) is 8.25. The monoisotopic (exact) mass is 435 g/mol. The van der Waals surface area contributed by atoms with E-state index in [4.69, 9.17) is 4.74 Å². The molecule has 1 fully saturated rings. The number of rotatable bonds is 7. The van der Waals surface area contributed by atoms with Crippen LogP contribution < -0.4 is 10.1 Å². The fourth-order valence-electron chi connectivity index (χ4n) is 3.96. The number of amides is 2. The number of carbonyl (C=O) groups is 4. The van der Waals surface area contributed by atoms with E-state index in [1.165, 1.54) is 0 Å². The van der Waals surface area contributed by atoms with E-state index in [0.717, 1.165) is 22.9 Å². The Morgan fingerprint density at radius 2 is 1.78 bits per heavy atom. The van der Waals surface area contributed by atoms with Crippen LogP contribution in [0.15, 0.2) is 42.5 Å². The molecule has 0 saturated heterocycles. The summed E-state index contributed by atoms with van der Waals surface area (Å²) < 4.78 is 5.70. The summed E-state index contributed by atoms with van der Waals surface area (Å²) in [5.41, 5.74) is 1.72. The van der Waals surface area contributed by atoms with Gasteiger partial charge in [-0.15, -0.1) is 0 Å². The molecule has 1 aliphatic carbocycles. The SMILES string of the molecule is CN(C)CCOc1ccc(Nc2cccc3c2C(=O)N(C2CCC(=O)CC2=O)C3=O)cc1. The summed E-state index contributed by atoms with van der Waals surface area (Å²) in [5, 5.41) is 3.20. The normalized spacial score (nSPS) is 18.3. The Hall–Kier alpha value is -3.52. The maximum absolute atomic E-state index is 13.2. The Kier molecular flexibility index (Phi) is 6.05. The van der Waals surface area contributed by atoms with Gasteiger partial charge in [0.05, 0.1) is 29.3 Å². The number of anilines is 2. The number of hydrogen-bond acceptors (Lipinski definition) is 7. The number of nitrogens with one attached hydrogen (secondary N) is 1. The first-order chi connectivity index (χ1) is 15.3. The molecule has 32 heavy (non-hydrogen) atoms. The van der Waals surface area contributed by atoms with Crippen molar-refractivity contribution >= 4 is 34.8 Å². The van der Waals surface area contributed by atoms with Crippen LogP contribution >= 0.6 is 0 Å². The van der Waals surface area contributed by atoms with E-state index in [1.54, 1.807) is 18.2 Å². The van der Waals surface area contributed by atoms with Crippen LogP contribution in [0.25, 0.3) is 0 Å². The van der Waals surface area contributed by atoms with E-state index in [1.807, 2.05) is 43.3 Å². The molecule has 0 aromatic heterocycles. The number of hydrogen-bond donors (Lipinski definition) is 1. The summed E-state index contributed by atoms with van der Waals surface area (Å²) >= 11 is 0. The molecule has 0 bridgehead atoms. The molecule has 2 aliphatic rings. The van der Waals surface area contributed by atoms with Crippen LogP contribution in [0.5, 0.6) is 5.75 Å². The minimum Gasteiger partial charge on any atom is -0.492 e. The lowest BCUT2D eigenvalue weighted by Gasteiger charge is -2.27. The number of Topliss-reactive ketones (excluding diaryl/α,β-unsaturated/α-hetero) is 2. The van der Waals surface area contributed by atoms with Crippen molar-refractivity contribution in [3.05, 3.63) is 53.6 Å². The summed E-state index contributed by atoms with van der Waals surface area (Å²) in [7, 11) is 3.96. The van der Waals surface area contributed by atoms with Crippen molar-refractivity contribution in [1.82, 2.24) is 9.80 Å². The van der Waals surface area contributed by atoms with Gasteiger partial charge in [0.2, 0.25) is 0 Å². The van der Waals surface area contributed by atoms with Crippen LogP contribution in [-0.2, 0) is 9.59 Å². The van der Waals surface area contributed by atoms with E-state index >= 15 is 0 Å². The third-order valence-corrected chi connectivity index (χ3v) is 5.64. The Morgan fingerprint density at radius 3 is 2.47 bits per heavy atom. The van der Waals surface area contributed by atoms with Gasteiger partial charge in [0.25, 0.3) is 11.8 Å². The van der Waals surface area contributed by atoms with Gasteiger partial charge in [-0.05, 0) is 56.9 Å². The van der Waals surface area contributed by atoms with E-state index in [2.05, 4.69) is 5.32 Å². The average molecular weight is 435 g/mol. The molecule has 2 aromatic carbocycles. The van der Waals surface area contributed by atoms with Gasteiger partial charge < -0.3 is 15.0 Å². The molecule has 2 aromatic rings.